The Morgan fingerprint density at radius 1 is 1.31 bits per heavy atom. The minimum Gasteiger partial charge on any atom is -0.357 e. The second kappa shape index (κ2) is 9.07. The van der Waals surface area contributed by atoms with Crippen molar-refractivity contribution in [1.29, 1.82) is 0 Å². The topological polar surface area (TPSA) is 36.4 Å². The summed E-state index contributed by atoms with van der Waals surface area (Å²) in [7, 11) is 0. The second-order valence-corrected chi connectivity index (χ2v) is 4.43. The molecule has 0 aromatic heterocycles. The fraction of sp³-hybridized carbons (Fsp3) is 0.917. The number of unbranched alkanes of at least 4 members (excludes halogenated alkanes) is 2. The van der Waals surface area contributed by atoms with Crippen LogP contribution in [0.2, 0.25) is 0 Å². The molecule has 3 nitrogen and oxygen atoms in total. The molecule has 1 aliphatic carbocycles. The molecule has 1 rings (SSSR count). The number of rotatable bonds is 6. The summed E-state index contributed by atoms with van der Waals surface area (Å²) in [5.74, 6) is 1.83. The molecule has 0 radical (unpaired) electrons. The average molecular weight is 339 g/mol. The van der Waals surface area contributed by atoms with Gasteiger partial charge in [0.2, 0.25) is 0 Å². The van der Waals surface area contributed by atoms with Crippen LogP contribution >= 0.6 is 24.0 Å². The highest BCUT2D eigenvalue weighted by atomic mass is 127. The van der Waals surface area contributed by atoms with Crippen LogP contribution in [0.25, 0.3) is 0 Å². The maximum atomic E-state index is 4.56. The molecule has 0 aromatic rings. The summed E-state index contributed by atoms with van der Waals surface area (Å²) < 4.78 is 0. The van der Waals surface area contributed by atoms with Crippen molar-refractivity contribution in [2.24, 2.45) is 10.9 Å². The zero-order valence-electron chi connectivity index (χ0n) is 10.8. The van der Waals surface area contributed by atoms with Crippen LogP contribution < -0.4 is 10.6 Å². The summed E-state index contributed by atoms with van der Waals surface area (Å²) in [6, 6.07) is 0.661. The maximum Gasteiger partial charge on any atom is 0.191 e. The monoisotopic (exact) mass is 339 g/mol. The van der Waals surface area contributed by atoms with Crippen molar-refractivity contribution in [2.45, 2.75) is 52.5 Å². The van der Waals surface area contributed by atoms with Crippen molar-refractivity contribution < 1.29 is 0 Å². The van der Waals surface area contributed by atoms with Crippen LogP contribution in [0.1, 0.15) is 46.5 Å². The van der Waals surface area contributed by atoms with Gasteiger partial charge in [0.15, 0.2) is 5.96 Å². The molecule has 0 heterocycles. The first-order valence-electron chi connectivity index (χ1n) is 6.32. The lowest BCUT2D eigenvalue weighted by Gasteiger charge is -2.10. The summed E-state index contributed by atoms with van der Waals surface area (Å²) in [5, 5.41) is 6.75. The van der Waals surface area contributed by atoms with Crippen molar-refractivity contribution in [2.75, 3.05) is 13.1 Å². The number of aliphatic imine (C=N–C) groups is 1. The van der Waals surface area contributed by atoms with E-state index in [1.165, 1.54) is 25.7 Å². The summed E-state index contributed by atoms with van der Waals surface area (Å²) in [6.07, 6.45) is 5.04. The van der Waals surface area contributed by atoms with E-state index in [1.54, 1.807) is 0 Å². The first-order valence-corrected chi connectivity index (χ1v) is 6.32. The third-order valence-corrected chi connectivity index (χ3v) is 2.81. The van der Waals surface area contributed by atoms with Gasteiger partial charge in [-0.2, -0.15) is 0 Å². The molecule has 96 valence electrons. The average Bonchev–Trinajstić information content (AvgIpc) is 2.89. The molecule has 1 fully saturated rings. The van der Waals surface area contributed by atoms with Crippen LogP contribution in [0.5, 0.6) is 0 Å². The predicted octanol–water partition coefficient (Wildman–Crippen LogP) is 2.76. The first kappa shape index (κ1) is 16.0. The molecule has 16 heavy (non-hydrogen) atoms. The molecule has 0 bridgehead atoms. The van der Waals surface area contributed by atoms with E-state index in [4.69, 9.17) is 0 Å². The van der Waals surface area contributed by atoms with Gasteiger partial charge < -0.3 is 10.6 Å². The van der Waals surface area contributed by atoms with E-state index in [0.717, 1.165) is 25.0 Å². The SMILES string of the molecule is CCCCCN=C(NCC)NC1CC1C.I. The van der Waals surface area contributed by atoms with Crippen molar-refractivity contribution >= 4 is 29.9 Å². The third kappa shape index (κ3) is 6.55. The van der Waals surface area contributed by atoms with E-state index in [1.807, 2.05) is 0 Å². The fourth-order valence-corrected chi connectivity index (χ4v) is 1.57. The van der Waals surface area contributed by atoms with Gasteiger partial charge >= 0.3 is 0 Å². The van der Waals surface area contributed by atoms with Crippen LogP contribution in [0, 0.1) is 5.92 Å². The van der Waals surface area contributed by atoms with E-state index in [2.05, 4.69) is 36.4 Å². The molecular formula is C12H26IN3. The van der Waals surface area contributed by atoms with Crippen molar-refractivity contribution in [3.63, 3.8) is 0 Å². The van der Waals surface area contributed by atoms with E-state index in [-0.39, 0.29) is 24.0 Å². The lowest BCUT2D eigenvalue weighted by atomic mass is 10.2. The lowest BCUT2D eigenvalue weighted by Crippen LogP contribution is -2.39. The largest absolute Gasteiger partial charge is 0.357 e. The van der Waals surface area contributed by atoms with Gasteiger partial charge in [-0.3, -0.25) is 4.99 Å². The van der Waals surface area contributed by atoms with Crippen LogP contribution in [-0.4, -0.2) is 25.1 Å². The number of nitrogens with zero attached hydrogens (tertiary/aromatic N) is 1. The molecule has 2 atom stereocenters. The van der Waals surface area contributed by atoms with Crippen LogP contribution in [-0.2, 0) is 0 Å². The Morgan fingerprint density at radius 3 is 2.50 bits per heavy atom. The maximum absolute atomic E-state index is 4.56. The van der Waals surface area contributed by atoms with Crippen molar-refractivity contribution in [3.05, 3.63) is 0 Å². The van der Waals surface area contributed by atoms with E-state index < -0.39 is 0 Å². The molecule has 0 aromatic carbocycles. The molecule has 2 unspecified atom stereocenters. The van der Waals surface area contributed by atoms with Gasteiger partial charge in [0.05, 0.1) is 0 Å². The summed E-state index contributed by atoms with van der Waals surface area (Å²) in [5.41, 5.74) is 0. The lowest BCUT2D eigenvalue weighted by molar-refractivity contribution is 0.712. The molecule has 1 saturated carbocycles. The summed E-state index contributed by atoms with van der Waals surface area (Å²) >= 11 is 0. The highest BCUT2D eigenvalue weighted by Crippen LogP contribution is 2.28. The number of hydrogen-bond donors (Lipinski definition) is 2. The molecule has 2 N–H and O–H groups in total. The molecule has 0 amide bonds. The van der Waals surface area contributed by atoms with E-state index in [9.17, 15) is 0 Å². The standard InChI is InChI=1S/C12H25N3.HI/c1-4-6-7-8-14-12(13-5-2)15-11-9-10(11)3;/h10-11H,4-9H2,1-3H3,(H2,13,14,15);1H. The van der Waals surface area contributed by atoms with Gasteiger partial charge in [-0.05, 0) is 25.7 Å². The Balaban J connectivity index is 0.00000225. The van der Waals surface area contributed by atoms with Gasteiger partial charge in [0.1, 0.15) is 0 Å². The number of guanidine groups is 1. The van der Waals surface area contributed by atoms with Crippen LogP contribution in [0.3, 0.4) is 0 Å². The number of hydrogen-bond acceptors (Lipinski definition) is 1. The molecule has 1 aliphatic rings. The molecule has 0 saturated heterocycles. The Kier molecular flexibility index (Phi) is 9.07. The summed E-state index contributed by atoms with van der Waals surface area (Å²) in [6.45, 7) is 8.50. The Labute approximate surface area is 117 Å². The van der Waals surface area contributed by atoms with Crippen molar-refractivity contribution in [1.82, 2.24) is 10.6 Å². The Hall–Kier alpha value is 0. The van der Waals surface area contributed by atoms with E-state index >= 15 is 0 Å². The van der Waals surface area contributed by atoms with Gasteiger partial charge in [-0.15, -0.1) is 24.0 Å². The van der Waals surface area contributed by atoms with Crippen LogP contribution in [0.4, 0.5) is 0 Å². The van der Waals surface area contributed by atoms with E-state index in [0.29, 0.717) is 6.04 Å². The normalized spacial score (nSPS) is 23.6. The van der Waals surface area contributed by atoms with Crippen molar-refractivity contribution in [3.8, 4) is 0 Å². The van der Waals surface area contributed by atoms with Gasteiger partial charge in [0, 0.05) is 19.1 Å². The second-order valence-electron chi connectivity index (χ2n) is 4.43. The zero-order valence-corrected chi connectivity index (χ0v) is 13.1. The fourth-order valence-electron chi connectivity index (χ4n) is 1.57. The van der Waals surface area contributed by atoms with Gasteiger partial charge in [-0.1, -0.05) is 26.7 Å². The number of nitrogens with one attached hydrogen (secondary N) is 2. The zero-order chi connectivity index (χ0) is 11.1. The molecular weight excluding hydrogens is 313 g/mol. The molecule has 0 spiro atoms. The predicted molar refractivity (Wildman–Crippen MR) is 81.6 cm³/mol. The minimum atomic E-state index is 0. The first-order chi connectivity index (χ1) is 7.27. The summed E-state index contributed by atoms with van der Waals surface area (Å²) in [4.78, 5) is 4.56. The Morgan fingerprint density at radius 2 is 2.00 bits per heavy atom. The van der Waals surface area contributed by atoms with Gasteiger partial charge in [0.25, 0.3) is 0 Å². The molecule has 4 heteroatoms. The highest BCUT2D eigenvalue weighted by Gasteiger charge is 2.33. The Bertz CT molecular complexity index is 206. The number of halogens is 1. The minimum absolute atomic E-state index is 0. The molecule has 0 aliphatic heterocycles. The van der Waals surface area contributed by atoms with Crippen LogP contribution in [0.15, 0.2) is 4.99 Å². The smallest absolute Gasteiger partial charge is 0.191 e. The highest BCUT2D eigenvalue weighted by molar-refractivity contribution is 14.0. The third-order valence-electron chi connectivity index (χ3n) is 2.81. The van der Waals surface area contributed by atoms with Gasteiger partial charge in [-0.25, -0.2) is 0 Å². The quantitative estimate of drug-likeness (QED) is 0.338.